The van der Waals surface area contributed by atoms with Crippen LogP contribution in [0.3, 0.4) is 0 Å². The van der Waals surface area contributed by atoms with E-state index in [0.717, 1.165) is 12.5 Å². The van der Waals surface area contributed by atoms with Crippen LogP contribution in [0, 0.1) is 5.92 Å². The highest BCUT2D eigenvalue weighted by Gasteiger charge is 2.25. The third kappa shape index (κ3) is 4.89. The number of hydrogen-bond donors (Lipinski definition) is 1. The molecular weight excluding hydrogens is 220 g/mol. The fraction of sp³-hybridized carbons (Fsp3) is 1.00. The lowest BCUT2D eigenvalue weighted by Crippen LogP contribution is -2.49. The summed E-state index contributed by atoms with van der Waals surface area (Å²) in [6.45, 7) is 9.35. The van der Waals surface area contributed by atoms with Crippen molar-refractivity contribution in [2.45, 2.75) is 84.2 Å². The largest absolute Gasteiger partial charge is 0.326 e. The van der Waals surface area contributed by atoms with Crippen LogP contribution in [-0.2, 0) is 0 Å². The molecule has 0 aromatic rings. The Morgan fingerprint density at radius 1 is 1.00 bits per heavy atom. The summed E-state index contributed by atoms with van der Waals surface area (Å²) in [5, 5.41) is 0. The van der Waals surface area contributed by atoms with Crippen molar-refractivity contribution in [1.82, 2.24) is 4.90 Å². The van der Waals surface area contributed by atoms with Gasteiger partial charge < -0.3 is 5.73 Å². The van der Waals surface area contributed by atoms with E-state index in [9.17, 15) is 0 Å². The number of hydrogen-bond acceptors (Lipinski definition) is 2. The Hall–Kier alpha value is -0.0800. The SMILES string of the molecule is CCC(CC)CN(CC)C1CCCCCCC1N. The monoisotopic (exact) mass is 254 g/mol. The molecule has 1 saturated carbocycles. The van der Waals surface area contributed by atoms with Crippen molar-refractivity contribution in [3.05, 3.63) is 0 Å². The minimum atomic E-state index is 0.402. The average molecular weight is 254 g/mol. The minimum Gasteiger partial charge on any atom is -0.326 e. The van der Waals surface area contributed by atoms with Gasteiger partial charge in [0.15, 0.2) is 0 Å². The van der Waals surface area contributed by atoms with Crippen LogP contribution in [0.4, 0.5) is 0 Å². The van der Waals surface area contributed by atoms with Crippen molar-refractivity contribution >= 4 is 0 Å². The molecule has 2 unspecified atom stereocenters. The average Bonchev–Trinajstić information content (AvgIpc) is 2.37. The first-order chi connectivity index (χ1) is 8.72. The first kappa shape index (κ1) is 16.0. The van der Waals surface area contributed by atoms with Crippen LogP contribution in [0.5, 0.6) is 0 Å². The topological polar surface area (TPSA) is 29.3 Å². The third-order valence-corrected chi connectivity index (χ3v) is 4.80. The molecule has 0 bridgehead atoms. The molecule has 0 saturated heterocycles. The molecule has 0 radical (unpaired) electrons. The Labute approximate surface area is 114 Å². The standard InChI is InChI=1S/C16H34N2/c1-4-14(5-2)13-18(6-3)16-12-10-8-7-9-11-15(16)17/h14-16H,4-13,17H2,1-3H3. The van der Waals surface area contributed by atoms with E-state index in [4.69, 9.17) is 5.73 Å². The second-order valence-corrected chi connectivity index (χ2v) is 5.99. The molecule has 108 valence electrons. The first-order valence-electron chi connectivity index (χ1n) is 8.22. The lowest BCUT2D eigenvalue weighted by Gasteiger charge is -2.38. The van der Waals surface area contributed by atoms with E-state index in [2.05, 4.69) is 25.7 Å². The van der Waals surface area contributed by atoms with Crippen molar-refractivity contribution in [2.24, 2.45) is 11.7 Å². The van der Waals surface area contributed by atoms with Crippen LogP contribution in [0.15, 0.2) is 0 Å². The van der Waals surface area contributed by atoms with E-state index in [-0.39, 0.29) is 0 Å². The van der Waals surface area contributed by atoms with Gasteiger partial charge in [-0.2, -0.15) is 0 Å². The number of nitrogens with zero attached hydrogens (tertiary/aromatic N) is 1. The highest BCUT2D eigenvalue weighted by molar-refractivity contribution is 4.84. The number of nitrogens with two attached hydrogens (primary N) is 1. The van der Waals surface area contributed by atoms with Crippen LogP contribution in [0.25, 0.3) is 0 Å². The molecule has 0 aliphatic heterocycles. The van der Waals surface area contributed by atoms with Gasteiger partial charge in [0.25, 0.3) is 0 Å². The second-order valence-electron chi connectivity index (χ2n) is 5.99. The van der Waals surface area contributed by atoms with Gasteiger partial charge in [0.05, 0.1) is 0 Å². The highest BCUT2D eigenvalue weighted by atomic mass is 15.2. The second kappa shape index (κ2) is 8.92. The van der Waals surface area contributed by atoms with Gasteiger partial charge >= 0.3 is 0 Å². The van der Waals surface area contributed by atoms with Gasteiger partial charge in [0.2, 0.25) is 0 Å². The van der Waals surface area contributed by atoms with E-state index in [0.29, 0.717) is 12.1 Å². The Balaban J connectivity index is 2.58. The Morgan fingerprint density at radius 3 is 2.17 bits per heavy atom. The predicted octanol–water partition coefficient (Wildman–Crippen LogP) is 3.79. The molecule has 18 heavy (non-hydrogen) atoms. The van der Waals surface area contributed by atoms with Crippen molar-refractivity contribution < 1.29 is 0 Å². The quantitative estimate of drug-likeness (QED) is 0.781. The minimum absolute atomic E-state index is 0.402. The molecule has 2 nitrogen and oxygen atoms in total. The van der Waals surface area contributed by atoms with Gasteiger partial charge in [-0.05, 0) is 25.3 Å². The zero-order chi connectivity index (χ0) is 13.4. The van der Waals surface area contributed by atoms with E-state index < -0.39 is 0 Å². The smallest absolute Gasteiger partial charge is 0.0247 e. The highest BCUT2D eigenvalue weighted by Crippen LogP contribution is 2.22. The summed E-state index contributed by atoms with van der Waals surface area (Å²) >= 11 is 0. The van der Waals surface area contributed by atoms with E-state index in [1.165, 1.54) is 57.9 Å². The van der Waals surface area contributed by atoms with Crippen molar-refractivity contribution in [3.63, 3.8) is 0 Å². The Morgan fingerprint density at radius 2 is 1.61 bits per heavy atom. The molecule has 0 aromatic heterocycles. The van der Waals surface area contributed by atoms with Crippen molar-refractivity contribution in [3.8, 4) is 0 Å². The van der Waals surface area contributed by atoms with Gasteiger partial charge in [-0.15, -0.1) is 0 Å². The lowest BCUT2D eigenvalue weighted by atomic mass is 9.90. The normalized spacial score (nSPS) is 26.3. The van der Waals surface area contributed by atoms with Crippen LogP contribution < -0.4 is 5.73 Å². The van der Waals surface area contributed by atoms with Gasteiger partial charge in [-0.1, -0.05) is 59.3 Å². The molecule has 0 aromatic carbocycles. The molecule has 1 fully saturated rings. The van der Waals surface area contributed by atoms with Gasteiger partial charge in [0, 0.05) is 18.6 Å². The third-order valence-electron chi connectivity index (χ3n) is 4.80. The summed E-state index contributed by atoms with van der Waals surface area (Å²) in [4.78, 5) is 2.67. The van der Waals surface area contributed by atoms with Crippen LogP contribution in [-0.4, -0.2) is 30.1 Å². The maximum atomic E-state index is 6.44. The van der Waals surface area contributed by atoms with Crippen LogP contribution in [0.1, 0.15) is 72.1 Å². The Bertz CT molecular complexity index is 201. The molecule has 1 aliphatic rings. The van der Waals surface area contributed by atoms with Crippen LogP contribution in [0.2, 0.25) is 0 Å². The number of rotatable bonds is 6. The summed E-state index contributed by atoms with van der Waals surface area (Å²) in [5.41, 5.74) is 6.44. The maximum Gasteiger partial charge on any atom is 0.0247 e. The summed E-state index contributed by atoms with van der Waals surface area (Å²) in [6.07, 6.45) is 10.6. The lowest BCUT2D eigenvalue weighted by molar-refractivity contribution is 0.130. The van der Waals surface area contributed by atoms with Gasteiger partial charge in [-0.25, -0.2) is 0 Å². The van der Waals surface area contributed by atoms with Crippen molar-refractivity contribution in [2.75, 3.05) is 13.1 Å². The zero-order valence-electron chi connectivity index (χ0n) is 12.8. The Kier molecular flexibility index (Phi) is 7.92. The summed E-state index contributed by atoms with van der Waals surface area (Å²) in [7, 11) is 0. The number of likely N-dealkylation sites (N-methyl/N-ethyl adjacent to an activating group) is 1. The van der Waals surface area contributed by atoms with Crippen LogP contribution >= 0.6 is 0 Å². The fourth-order valence-electron chi connectivity index (χ4n) is 3.32. The summed E-state index contributed by atoms with van der Waals surface area (Å²) in [5.74, 6) is 0.850. The molecule has 0 heterocycles. The molecule has 2 N–H and O–H groups in total. The van der Waals surface area contributed by atoms with E-state index >= 15 is 0 Å². The molecule has 1 aliphatic carbocycles. The van der Waals surface area contributed by atoms with E-state index in [1.807, 2.05) is 0 Å². The summed E-state index contributed by atoms with van der Waals surface area (Å²) in [6, 6.07) is 1.04. The van der Waals surface area contributed by atoms with Crippen molar-refractivity contribution in [1.29, 1.82) is 0 Å². The molecule has 0 amide bonds. The molecule has 1 rings (SSSR count). The fourth-order valence-corrected chi connectivity index (χ4v) is 3.32. The predicted molar refractivity (Wildman–Crippen MR) is 80.8 cm³/mol. The zero-order valence-corrected chi connectivity index (χ0v) is 12.8. The van der Waals surface area contributed by atoms with E-state index in [1.54, 1.807) is 0 Å². The van der Waals surface area contributed by atoms with Gasteiger partial charge in [0.1, 0.15) is 0 Å². The van der Waals surface area contributed by atoms with Gasteiger partial charge in [-0.3, -0.25) is 4.90 Å². The molecule has 0 spiro atoms. The maximum absolute atomic E-state index is 6.44. The molecular formula is C16H34N2. The molecule has 2 atom stereocenters. The molecule has 2 heteroatoms. The first-order valence-corrected chi connectivity index (χ1v) is 8.22. The summed E-state index contributed by atoms with van der Waals surface area (Å²) < 4.78 is 0.